The molecule has 0 radical (unpaired) electrons. The van der Waals surface area contributed by atoms with Gasteiger partial charge in [-0.25, -0.2) is 8.78 Å². The first-order valence-corrected chi connectivity index (χ1v) is 6.36. The molecule has 0 atom stereocenters. The van der Waals surface area contributed by atoms with Gasteiger partial charge in [-0.3, -0.25) is 4.79 Å². The Bertz CT molecular complexity index is 423. The lowest BCUT2D eigenvalue weighted by Gasteiger charge is -2.17. The maximum absolute atomic E-state index is 13.5. The molecule has 0 heterocycles. The van der Waals surface area contributed by atoms with E-state index in [4.69, 9.17) is 0 Å². The van der Waals surface area contributed by atoms with Crippen LogP contribution in [0.3, 0.4) is 0 Å². The molecule has 0 fully saturated rings. The van der Waals surface area contributed by atoms with Gasteiger partial charge in [-0.15, -0.1) is 0 Å². The van der Waals surface area contributed by atoms with Crippen LogP contribution >= 0.6 is 15.9 Å². The molecule has 0 saturated carbocycles. The van der Waals surface area contributed by atoms with Crippen molar-refractivity contribution in [3.05, 3.63) is 34.9 Å². The van der Waals surface area contributed by atoms with Crippen molar-refractivity contribution in [2.75, 3.05) is 18.9 Å². The summed E-state index contributed by atoms with van der Waals surface area (Å²) >= 11 is 3.26. The van der Waals surface area contributed by atoms with Crippen molar-refractivity contribution in [2.24, 2.45) is 0 Å². The van der Waals surface area contributed by atoms with Crippen LogP contribution in [0, 0.1) is 18.6 Å². The lowest BCUT2D eigenvalue weighted by molar-refractivity contribution is 0.0791. The van der Waals surface area contributed by atoms with Gasteiger partial charge in [0.2, 0.25) is 0 Å². The first-order chi connectivity index (χ1) is 7.97. The normalized spacial score (nSPS) is 10.4. The van der Waals surface area contributed by atoms with E-state index < -0.39 is 17.5 Å². The van der Waals surface area contributed by atoms with Gasteiger partial charge in [0.05, 0.1) is 5.56 Å². The molecule has 1 amide bonds. The third-order valence-electron chi connectivity index (χ3n) is 2.45. The summed E-state index contributed by atoms with van der Waals surface area (Å²) in [7, 11) is 1.60. The monoisotopic (exact) mass is 305 g/mol. The second-order valence-electron chi connectivity index (χ2n) is 3.85. The lowest BCUT2D eigenvalue weighted by Crippen LogP contribution is -2.28. The minimum Gasteiger partial charge on any atom is -0.342 e. The maximum Gasteiger partial charge on any atom is 0.256 e. The predicted molar refractivity (Wildman–Crippen MR) is 66.5 cm³/mol. The zero-order valence-corrected chi connectivity index (χ0v) is 11.4. The topological polar surface area (TPSA) is 20.3 Å². The fraction of sp³-hybridized carbons (Fsp3) is 0.417. The molecule has 5 heteroatoms. The second kappa shape index (κ2) is 6.10. The summed E-state index contributed by atoms with van der Waals surface area (Å²) in [6.45, 7) is 2.03. The molecule has 94 valence electrons. The quantitative estimate of drug-likeness (QED) is 0.783. The molecule has 0 bridgehead atoms. The van der Waals surface area contributed by atoms with E-state index in [-0.39, 0.29) is 11.1 Å². The third kappa shape index (κ3) is 3.49. The van der Waals surface area contributed by atoms with E-state index >= 15 is 0 Å². The van der Waals surface area contributed by atoms with Crippen LogP contribution in [0.5, 0.6) is 0 Å². The van der Waals surface area contributed by atoms with Gasteiger partial charge in [0.25, 0.3) is 5.91 Å². The van der Waals surface area contributed by atoms with E-state index in [0.717, 1.165) is 17.8 Å². The Hall–Kier alpha value is -0.970. The van der Waals surface area contributed by atoms with E-state index in [9.17, 15) is 13.6 Å². The highest BCUT2D eigenvalue weighted by Crippen LogP contribution is 2.15. The first-order valence-electron chi connectivity index (χ1n) is 5.24. The molecule has 1 aromatic carbocycles. The van der Waals surface area contributed by atoms with E-state index in [1.54, 1.807) is 7.05 Å². The summed E-state index contributed by atoms with van der Waals surface area (Å²) in [6.07, 6.45) is 0.782. The van der Waals surface area contributed by atoms with Gasteiger partial charge < -0.3 is 4.90 Å². The summed E-state index contributed by atoms with van der Waals surface area (Å²) in [4.78, 5) is 13.3. The van der Waals surface area contributed by atoms with Gasteiger partial charge in [-0.05, 0) is 25.0 Å². The Balaban J connectivity index is 2.92. The van der Waals surface area contributed by atoms with Crippen molar-refractivity contribution < 1.29 is 13.6 Å². The standard InChI is InChI=1S/C12H14BrF2NO/c1-8-6-9(11(15)7-10(8)14)12(17)16(2)5-3-4-13/h6-7H,3-5H2,1-2H3. The van der Waals surface area contributed by atoms with E-state index in [0.29, 0.717) is 6.54 Å². The number of carbonyl (C=O) groups excluding carboxylic acids is 1. The summed E-state index contributed by atoms with van der Waals surface area (Å²) in [5.74, 6) is -1.88. The molecule has 0 unspecified atom stereocenters. The van der Waals surface area contributed by atoms with E-state index in [2.05, 4.69) is 15.9 Å². The Morgan fingerprint density at radius 3 is 2.59 bits per heavy atom. The van der Waals surface area contributed by atoms with Crippen LogP contribution in [0.4, 0.5) is 8.78 Å². The highest BCUT2D eigenvalue weighted by atomic mass is 79.9. The smallest absolute Gasteiger partial charge is 0.256 e. The summed E-state index contributed by atoms with van der Waals surface area (Å²) < 4.78 is 26.5. The average molecular weight is 306 g/mol. The van der Waals surface area contributed by atoms with Crippen molar-refractivity contribution in [1.82, 2.24) is 4.90 Å². The van der Waals surface area contributed by atoms with Crippen LogP contribution in [-0.4, -0.2) is 29.7 Å². The van der Waals surface area contributed by atoms with Crippen LogP contribution in [0.25, 0.3) is 0 Å². The van der Waals surface area contributed by atoms with Crippen LogP contribution in [0.2, 0.25) is 0 Å². The van der Waals surface area contributed by atoms with Crippen LogP contribution in [0.15, 0.2) is 12.1 Å². The number of rotatable bonds is 4. The number of benzene rings is 1. The Morgan fingerprint density at radius 2 is 2.00 bits per heavy atom. The summed E-state index contributed by atoms with van der Waals surface area (Å²) in [5.41, 5.74) is 0.185. The number of carbonyl (C=O) groups is 1. The van der Waals surface area contributed by atoms with Crippen molar-refractivity contribution in [3.63, 3.8) is 0 Å². The molecular formula is C12H14BrF2NO. The Labute approximate surface area is 108 Å². The summed E-state index contributed by atoms with van der Waals surface area (Å²) in [5, 5.41) is 0.773. The minimum atomic E-state index is -0.816. The van der Waals surface area contributed by atoms with Crippen molar-refractivity contribution >= 4 is 21.8 Å². The van der Waals surface area contributed by atoms with Crippen LogP contribution < -0.4 is 0 Å². The van der Waals surface area contributed by atoms with Gasteiger partial charge >= 0.3 is 0 Å². The number of hydrogen-bond donors (Lipinski definition) is 0. The first kappa shape index (κ1) is 14.1. The van der Waals surface area contributed by atoms with Crippen molar-refractivity contribution in [3.8, 4) is 0 Å². The number of hydrogen-bond acceptors (Lipinski definition) is 1. The lowest BCUT2D eigenvalue weighted by atomic mass is 10.1. The average Bonchev–Trinajstić information content (AvgIpc) is 2.29. The minimum absolute atomic E-state index is 0.0824. The fourth-order valence-electron chi connectivity index (χ4n) is 1.43. The highest BCUT2D eigenvalue weighted by Gasteiger charge is 2.17. The molecule has 0 aliphatic heterocycles. The number of nitrogens with zero attached hydrogens (tertiary/aromatic N) is 1. The molecule has 0 saturated heterocycles. The molecule has 2 nitrogen and oxygen atoms in total. The molecule has 0 aliphatic carbocycles. The largest absolute Gasteiger partial charge is 0.342 e. The van der Waals surface area contributed by atoms with Crippen LogP contribution in [-0.2, 0) is 0 Å². The Morgan fingerprint density at radius 1 is 1.35 bits per heavy atom. The van der Waals surface area contributed by atoms with Crippen molar-refractivity contribution in [2.45, 2.75) is 13.3 Å². The zero-order valence-electron chi connectivity index (χ0n) is 9.77. The van der Waals surface area contributed by atoms with Crippen LogP contribution in [0.1, 0.15) is 22.3 Å². The Kier molecular flexibility index (Phi) is 5.05. The third-order valence-corrected chi connectivity index (χ3v) is 3.01. The molecule has 17 heavy (non-hydrogen) atoms. The molecule has 0 spiro atoms. The second-order valence-corrected chi connectivity index (χ2v) is 4.64. The number of halogens is 3. The zero-order chi connectivity index (χ0) is 13.0. The van der Waals surface area contributed by atoms with E-state index in [1.165, 1.54) is 17.9 Å². The van der Waals surface area contributed by atoms with Gasteiger partial charge in [0, 0.05) is 25.0 Å². The fourth-order valence-corrected chi connectivity index (χ4v) is 1.68. The maximum atomic E-state index is 13.5. The molecule has 0 aliphatic rings. The van der Waals surface area contributed by atoms with Gasteiger partial charge in [0.1, 0.15) is 11.6 Å². The SMILES string of the molecule is Cc1cc(C(=O)N(C)CCCBr)c(F)cc1F. The molecule has 1 aromatic rings. The van der Waals surface area contributed by atoms with E-state index in [1.807, 2.05) is 0 Å². The highest BCUT2D eigenvalue weighted by molar-refractivity contribution is 9.09. The number of amides is 1. The molecule has 0 N–H and O–H groups in total. The predicted octanol–water partition coefficient (Wildman–Crippen LogP) is 3.13. The number of alkyl halides is 1. The van der Waals surface area contributed by atoms with Gasteiger partial charge in [0.15, 0.2) is 0 Å². The van der Waals surface area contributed by atoms with Gasteiger partial charge in [-0.2, -0.15) is 0 Å². The molecule has 0 aromatic heterocycles. The molecule has 1 rings (SSSR count). The van der Waals surface area contributed by atoms with Crippen molar-refractivity contribution in [1.29, 1.82) is 0 Å². The van der Waals surface area contributed by atoms with Gasteiger partial charge in [-0.1, -0.05) is 15.9 Å². The summed E-state index contributed by atoms with van der Waals surface area (Å²) in [6, 6.07) is 2.00. The molecular weight excluding hydrogens is 292 g/mol. The number of aryl methyl sites for hydroxylation is 1.